The summed E-state index contributed by atoms with van der Waals surface area (Å²) in [5.74, 6) is 1.15. The molecule has 0 amide bonds. The zero-order valence-corrected chi connectivity index (χ0v) is 15.1. The number of nitrogens with one attached hydrogen (secondary N) is 2. The molecule has 0 aliphatic carbocycles. The summed E-state index contributed by atoms with van der Waals surface area (Å²) in [7, 11) is 0. The Bertz CT molecular complexity index is 937. The zero-order valence-electron chi connectivity index (χ0n) is 15.1. The van der Waals surface area contributed by atoms with E-state index in [1.807, 2.05) is 30.3 Å². The number of rotatable bonds is 8. The third kappa shape index (κ3) is 5.78. The van der Waals surface area contributed by atoms with Gasteiger partial charge in [0.1, 0.15) is 11.4 Å². The van der Waals surface area contributed by atoms with E-state index >= 15 is 0 Å². The maximum absolute atomic E-state index is 11.2. The highest BCUT2D eigenvalue weighted by atomic mass is 16.5. The lowest BCUT2D eigenvalue weighted by molar-refractivity contribution is 0.311. The molecule has 3 aromatic rings. The number of anilines is 1. The molecular weight excluding hydrogens is 342 g/mol. The van der Waals surface area contributed by atoms with Crippen molar-refractivity contribution in [2.45, 2.75) is 19.8 Å². The molecule has 2 N–H and O–H groups in total. The highest BCUT2D eigenvalue weighted by Crippen LogP contribution is 2.12. The number of benzene rings is 2. The van der Waals surface area contributed by atoms with Crippen LogP contribution in [0.2, 0.25) is 0 Å². The van der Waals surface area contributed by atoms with Crippen LogP contribution in [0.15, 0.2) is 64.5 Å². The van der Waals surface area contributed by atoms with Gasteiger partial charge in [-0.3, -0.25) is 5.43 Å². The SMILES string of the molecule is Cc1n[nH]c(=O)nc1N/N=C/c1ccc(OCCCc2ccccc2)cc1. The molecule has 0 atom stereocenters. The minimum atomic E-state index is -0.521. The number of hydrogen-bond acceptors (Lipinski definition) is 6. The number of nitrogens with zero attached hydrogens (tertiary/aromatic N) is 3. The van der Waals surface area contributed by atoms with Gasteiger partial charge in [0.05, 0.1) is 12.8 Å². The summed E-state index contributed by atoms with van der Waals surface area (Å²) in [4.78, 5) is 14.9. The van der Waals surface area contributed by atoms with E-state index in [1.165, 1.54) is 5.56 Å². The fourth-order valence-corrected chi connectivity index (χ4v) is 2.43. The topological polar surface area (TPSA) is 92.3 Å². The molecule has 0 fully saturated rings. The van der Waals surface area contributed by atoms with Gasteiger partial charge < -0.3 is 4.74 Å². The molecular formula is C20H21N5O2. The van der Waals surface area contributed by atoms with E-state index in [2.05, 4.69) is 50.0 Å². The molecule has 0 unspecified atom stereocenters. The summed E-state index contributed by atoms with van der Waals surface area (Å²) < 4.78 is 5.77. The molecule has 0 aliphatic rings. The first-order chi connectivity index (χ1) is 13.2. The van der Waals surface area contributed by atoms with Gasteiger partial charge in [0.2, 0.25) is 0 Å². The van der Waals surface area contributed by atoms with Crippen molar-refractivity contribution >= 4 is 12.0 Å². The fraction of sp³-hybridized carbons (Fsp3) is 0.200. The number of aromatic amines is 1. The largest absolute Gasteiger partial charge is 0.494 e. The van der Waals surface area contributed by atoms with Gasteiger partial charge in [-0.05, 0) is 55.2 Å². The second-order valence-electron chi connectivity index (χ2n) is 5.95. The van der Waals surface area contributed by atoms with Crippen molar-refractivity contribution in [3.8, 4) is 5.75 Å². The Morgan fingerprint density at radius 3 is 2.70 bits per heavy atom. The van der Waals surface area contributed by atoms with E-state index in [0.717, 1.165) is 24.2 Å². The summed E-state index contributed by atoms with van der Waals surface area (Å²) in [5.41, 5.74) is 4.98. The van der Waals surface area contributed by atoms with Crippen LogP contribution in [0, 0.1) is 6.92 Å². The molecule has 0 radical (unpaired) electrons. The van der Waals surface area contributed by atoms with Crippen molar-refractivity contribution in [3.05, 3.63) is 81.9 Å². The summed E-state index contributed by atoms with van der Waals surface area (Å²) in [6.45, 7) is 2.40. The average Bonchev–Trinajstić information content (AvgIpc) is 2.70. The van der Waals surface area contributed by atoms with Gasteiger partial charge in [-0.2, -0.15) is 15.2 Å². The number of ether oxygens (including phenoxy) is 1. The van der Waals surface area contributed by atoms with Gasteiger partial charge in [-0.15, -0.1) is 0 Å². The Balaban J connectivity index is 1.45. The molecule has 0 saturated heterocycles. The second-order valence-corrected chi connectivity index (χ2v) is 5.95. The lowest BCUT2D eigenvalue weighted by atomic mass is 10.1. The van der Waals surface area contributed by atoms with Crippen LogP contribution in [-0.4, -0.2) is 28.0 Å². The predicted octanol–water partition coefficient (Wildman–Crippen LogP) is 2.93. The summed E-state index contributed by atoms with van der Waals surface area (Å²) in [5, 5.41) is 10.2. The zero-order chi connectivity index (χ0) is 18.9. The van der Waals surface area contributed by atoms with Crippen LogP contribution in [-0.2, 0) is 6.42 Å². The molecule has 2 aromatic carbocycles. The Hall–Kier alpha value is -3.48. The van der Waals surface area contributed by atoms with E-state index < -0.39 is 5.69 Å². The lowest BCUT2D eigenvalue weighted by Gasteiger charge is -2.06. The Morgan fingerprint density at radius 2 is 1.93 bits per heavy atom. The van der Waals surface area contributed by atoms with Crippen LogP contribution in [0.5, 0.6) is 5.75 Å². The first kappa shape index (κ1) is 18.3. The molecule has 0 saturated carbocycles. The van der Waals surface area contributed by atoms with Crippen molar-refractivity contribution in [1.29, 1.82) is 0 Å². The minimum Gasteiger partial charge on any atom is -0.494 e. The van der Waals surface area contributed by atoms with Gasteiger partial charge in [0.25, 0.3) is 0 Å². The van der Waals surface area contributed by atoms with E-state index in [4.69, 9.17) is 4.74 Å². The van der Waals surface area contributed by atoms with Gasteiger partial charge in [-0.25, -0.2) is 9.89 Å². The molecule has 7 nitrogen and oxygen atoms in total. The molecule has 7 heteroatoms. The van der Waals surface area contributed by atoms with E-state index in [9.17, 15) is 4.79 Å². The van der Waals surface area contributed by atoms with Crippen LogP contribution in [0.25, 0.3) is 0 Å². The van der Waals surface area contributed by atoms with Crippen molar-refractivity contribution in [2.24, 2.45) is 5.10 Å². The fourth-order valence-electron chi connectivity index (χ4n) is 2.43. The third-order valence-electron chi connectivity index (χ3n) is 3.86. The first-order valence-electron chi connectivity index (χ1n) is 8.70. The molecule has 0 bridgehead atoms. The summed E-state index contributed by atoms with van der Waals surface area (Å²) >= 11 is 0. The average molecular weight is 363 g/mol. The highest BCUT2D eigenvalue weighted by molar-refractivity contribution is 5.80. The first-order valence-corrected chi connectivity index (χ1v) is 8.70. The minimum absolute atomic E-state index is 0.327. The van der Waals surface area contributed by atoms with E-state index in [1.54, 1.807) is 13.1 Å². The number of aromatic nitrogens is 3. The summed E-state index contributed by atoms with van der Waals surface area (Å²) in [6.07, 6.45) is 3.61. The molecule has 27 heavy (non-hydrogen) atoms. The number of aryl methyl sites for hydroxylation is 2. The standard InChI is InChI=1S/C20H21N5O2/c1-15-19(22-20(26)25-23-15)24-21-14-17-9-11-18(12-10-17)27-13-5-8-16-6-3-2-4-7-16/h2-4,6-7,9-12,14H,5,8,13H2,1H3,(H2,22,24,25,26)/b21-14+. The van der Waals surface area contributed by atoms with Crippen molar-refractivity contribution in [3.63, 3.8) is 0 Å². The Kier molecular flexibility index (Phi) is 6.30. The van der Waals surface area contributed by atoms with Crippen LogP contribution >= 0.6 is 0 Å². The van der Waals surface area contributed by atoms with Crippen molar-refractivity contribution < 1.29 is 4.74 Å². The highest BCUT2D eigenvalue weighted by Gasteiger charge is 2.00. The number of hydrogen-bond donors (Lipinski definition) is 2. The maximum Gasteiger partial charge on any atom is 0.363 e. The second kappa shape index (κ2) is 9.28. The molecule has 1 aromatic heterocycles. The molecule has 0 aliphatic heterocycles. The van der Waals surface area contributed by atoms with Crippen LogP contribution in [0.4, 0.5) is 5.82 Å². The summed E-state index contributed by atoms with van der Waals surface area (Å²) in [6, 6.07) is 18.0. The van der Waals surface area contributed by atoms with Gasteiger partial charge in [0.15, 0.2) is 5.82 Å². The lowest BCUT2D eigenvalue weighted by Crippen LogP contribution is -2.15. The van der Waals surface area contributed by atoms with Gasteiger partial charge >= 0.3 is 5.69 Å². The number of hydrazone groups is 1. The van der Waals surface area contributed by atoms with Crippen LogP contribution in [0.1, 0.15) is 23.2 Å². The Labute approximate surface area is 157 Å². The molecule has 3 rings (SSSR count). The van der Waals surface area contributed by atoms with Crippen LogP contribution in [0.3, 0.4) is 0 Å². The predicted molar refractivity (Wildman–Crippen MR) is 105 cm³/mol. The maximum atomic E-state index is 11.2. The Morgan fingerprint density at radius 1 is 1.15 bits per heavy atom. The van der Waals surface area contributed by atoms with Crippen molar-refractivity contribution in [2.75, 3.05) is 12.0 Å². The van der Waals surface area contributed by atoms with E-state index in [-0.39, 0.29) is 0 Å². The monoisotopic (exact) mass is 363 g/mol. The normalized spacial score (nSPS) is 10.9. The van der Waals surface area contributed by atoms with Crippen LogP contribution < -0.4 is 15.9 Å². The van der Waals surface area contributed by atoms with Crippen molar-refractivity contribution in [1.82, 2.24) is 15.2 Å². The van der Waals surface area contributed by atoms with Gasteiger partial charge in [-0.1, -0.05) is 30.3 Å². The molecule has 1 heterocycles. The smallest absolute Gasteiger partial charge is 0.363 e. The number of H-pyrrole nitrogens is 1. The molecule has 138 valence electrons. The molecule has 0 spiro atoms. The quantitative estimate of drug-likeness (QED) is 0.365. The third-order valence-corrected chi connectivity index (χ3v) is 3.86. The van der Waals surface area contributed by atoms with Gasteiger partial charge in [0, 0.05) is 0 Å². The van der Waals surface area contributed by atoms with E-state index in [0.29, 0.717) is 18.1 Å².